The summed E-state index contributed by atoms with van der Waals surface area (Å²) in [7, 11) is 0. The molecule has 2 amide bonds. The summed E-state index contributed by atoms with van der Waals surface area (Å²) in [6.07, 6.45) is 7.68. The first-order chi connectivity index (χ1) is 15.9. The molecule has 0 aromatic heterocycles. The topological polar surface area (TPSA) is 64.1 Å². The predicted molar refractivity (Wildman–Crippen MR) is 133 cm³/mol. The van der Waals surface area contributed by atoms with Crippen LogP contribution in [0.2, 0.25) is 0 Å². The Morgan fingerprint density at radius 1 is 1.03 bits per heavy atom. The fraction of sp³-hybridized carbons (Fsp3) is 0.704. The van der Waals surface area contributed by atoms with Crippen molar-refractivity contribution in [3.05, 3.63) is 29.3 Å². The standard InChI is InChI=1S/C27H43N3O3/c1-21(2)17-28-13-7-5-4-6-8-15-30(22(3)32)26-12-11-24(16-25(26)19-28)27(33)29-14-9-10-23(18-29)20-31/h11-12,16,21,23,31H,4-10,13-15,17-20H2,1-3H3. The van der Waals surface area contributed by atoms with Crippen molar-refractivity contribution in [3.63, 3.8) is 0 Å². The Kier molecular flexibility index (Phi) is 9.75. The van der Waals surface area contributed by atoms with Crippen molar-refractivity contribution >= 4 is 17.5 Å². The monoisotopic (exact) mass is 457 g/mol. The first-order valence-corrected chi connectivity index (χ1v) is 12.9. The van der Waals surface area contributed by atoms with Crippen LogP contribution in [0.25, 0.3) is 0 Å². The van der Waals surface area contributed by atoms with Crippen LogP contribution in [-0.4, -0.2) is 66.1 Å². The molecule has 0 spiro atoms. The summed E-state index contributed by atoms with van der Waals surface area (Å²) in [6.45, 7) is 11.1. The quantitative estimate of drug-likeness (QED) is 0.732. The lowest BCUT2D eigenvalue weighted by atomic mass is 9.97. The van der Waals surface area contributed by atoms with E-state index in [1.807, 2.05) is 28.0 Å². The number of hydrogen-bond acceptors (Lipinski definition) is 4. The molecule has 1 unspecified atom stereocenters. The average Bonchev–Trinajstić information content (AvgIpc) is 2.79. The van der Waals surface area contributed by atoms with Crippen LogP contribution in [0.3, 0.4) is 0 Å². The van der Waals surface area contributed by atoms with Crippen molar-refractivity contribution in [2.75, 3.05) is 44.2 Å². The Bertz CT molecular complexity index is 795. The summed E-state index contributed by atoms with van der Waals surface area (Å²) < 4.78 is 0. The first kappa shape index (κ1) is 25.7. The number of amides is 2. The van der Waals surface area contributed by atoms with Crippen LogP contribution in [-0.2, 0) is 11.3 Å². The molecule has 1 fully saturated rings. The van der Waals surface area contributed by atoms with E-state index in [9.17, 15) is 14.7 Å². The molecule has 3 rings (SSSR count). The molecule has 1 aromatic rings. The molecule has 0 radical (unpaired) electrons. The highest BCUT2D eigenvalue weighted by Gasteiger charge is 2.26. The van der Waals surface area contributed by atoms with Crippen LogP contribution in [0.1, 0.15) is 81.6 Å². The van der Waals surface area contributed by atoms with E-state index in [-0.39, 0.29) is 24.3 Å². The van der Waals surface area contributed by atoms with Gasteiger partial charge in [0.15, 0.2) is 0 Å². The van der Waals surface area contributed by atoms with Gasteiger partial charge in [-0.2, -0.15) is 0 Å². The van der Waals surface area contributed by atoms with Crippen LogP contribution in [0, 0.1) is 11.8 Å². The van der Waals surface area contributed by atoms with Gasteiger partial charge >= 0.3 is 0 Å². The van der Waals surface area contributed by atoms with Gasteiger partial charge in [-0.15, -0.1) is 0 Å². The van der Waals surface area contributed by atoms with Gasteiger partial charge in [0.05, 0.1) is 0 Å². The molecule has 184 valence electrons. The van der Waals surface area contributed by atoms with Gasteiger partial charge in [0.1, 0.15) is 0 Å². The number of carbonyl (C=O) groups excluding carboxylic acids is 2. The number of carbonyl (C=O) groups is 2. The fourth-order valence-electron chi connectivity index (χ4n) is 5.27. The lowest BCUT2D eigenvalue weighted by Gasteiger charge is -2.33. The zero-order valence-corrected chi connectivity index (χ0v) is 20.9. The maximum Gasteiger partial charge on any atom is 0.253 e. The van der Waals surface area contributed by atoms with Crippen LogP contribution >= 0.6 is 0 Å². The Hall–Kier alpha value is -1.92. The number of benzene rings is 1. The van der Waals surface area contributed by atoms with Crippen molar-refractivity contribution in [3.8, 4) is 0 Å². The third-order valence-corrected chi connectivity index (χ3v) is 6.94. The predicted octanol–water partition coefficient (Wildman–Crippen LogP) is 4.31. The maximum atomic E-state index is 13.3. The van der Waals surface area contributed by atoms with Crippen LogP contribution < -0.4 is 4.90 Å². The average molecular weight is 458 g/mol. The smallest absolute Gasteiger partial charge is 0.253 e. The third-order valence-electron chi connectivity index (χ3n) is 6.94. The van der Waals surface area contributed by atoms with E-state index in [0.29, 0.717) is 18.0 Å². The number of anilines is 1. The van der Waals surface area contributed by atoms with Crippen LogP contribution in [0.5, 0.6) is 0 Å². The molecule has 33 heavy (non-hydrogen) atoms. The summed E-state index contributed by atoms with van der Waals surface area (Å²) in [4.78, 5) is 32.2. The molecular weight excluding hydrogens is 414 g/mol. The number of aliphatic hydroxyl groups excluding tert-OH is 1. The maximum absolute atomic E-state index is 13.3. The highest BCUT2D eigenvalue weighted by molar-refractivity contribution is 5.97. The van der Waals surface area contributed by atoms with Gasteiger partial charge in [-0.3, -0.25) is 14.5 Å². The largest absolute Gasteiger partial charge is 0.396 e. The van der Waals surface area contributed by atoms with Gasteiger partial charge in [-0.1, -0.05) is 33.1 Å². The molecule has 0 saturated carbocycles. The zero-order chi connectivity index (χ0) is 23.8. The van der Waals surface area contributed by atoms with Crippen molar-refractivity contribution in [2.45, 2.75) is 72.3 Å². The number of hydrogen-bond donors (Lipinski definition) is 1. The second-order valence-corrected chi connectivity index (χ2v) is 10.4. The van der Waals surface area contributed by atoms with E-state index in [1.165, 1.54) is 19.3 Å². The van der Waals surface area contributed by atoms with Crippen molar-refractivity contribution in [2.24, 2.45) is 11.8 Å². The SMILES string of the molecule is CC(=O)N1CCCCCCCN(CC(C)C)Cc2cc(C(=O)N3CCCC(CO)C3)ccc21. The molecular formula is C27H43N3O3. The van der Waals surface area contributed by atoms with Gasteiger partial charge in [-0.05, 0) is 67.8 Å². The molecule has 6 nitrogen and oxygen atoms in total. The molecule has 2 heterocycles. The molecule has 6 heteroatoms. The Balaban J connectivity index is 1.93. The fourth-order valence-corrected chi connectivity index (χ4v) is 5.27. The van der Waals surface area contributed by atoms with E-state index >= 15 is 0 Å². The normalized spacial score (nSPS) is 21.3. The number of piperidine rings is 1. The van der Waals surface area contributed by atoms with Crippen molar-refractivity contribution in [1.82, 2.24) is 9.80 Å². The summed E-state index contributed by atoms with van der Waals surface area (Å²) in [5.41, 5.74) is 2.70. The summed E-state index contributed by atoms with van der Waals surface area (Å²) in [6, 6.07) is 5.89. The lowest BCUT2D eigenvalue weighted by molar-refractivity contribution is -0.116. The van der Waals surface area contributed by atoms with Crippen LogP contribution in [0.4, 0.5) is 5.69 Å². The summed E-state index contributed by atoms with van der Waals surface area (Å²) >= 11 is 0. The number of fused-ring (bicyclic) bond motifs is 1. The minimum absolute atomic E-state index is 0.0341. The van der Waals surface area contributed by atoms with Crippen molar-refractivity contribution in [1.29, 1.82) is 0 Å². The zero-order valence-electron chi connectivity index (χ0n) is 20.9. The molecule has 2 aliphatic heterocycles. The summed E-state index contributed by atoms with van der Waals surface area (Å²) in [5, 5.41) is 9.57. The number of rotatable bonds is 4. The molecule has 0 aliphatic carbocycles. The van der Waals surface area contributed by atoms with E-state index in [1.54, 1.807) is 6.92 Å². The second-order valence-electron chi connectivity index (χ2n) is 10.4. The second kappa shape index (κ2) is 12.5. The van der Waals surface area contributed by atoms with E-state index in [2.05, 4.69) is 18.7 Å². The highest BCUT2D eigenvalue weighted by atomic mass is 16.3. The minimum Gasteiger partial charge on any atom is -0.396 e. The van der Waals surface area contributed by atoms with Gasteiger partial charge in [0, 0.05) is 57.5 Å². The minimum atomic E-state index is 0.0341. The molecule has 1 saturated heterocycles. The van der Waals surface area contributed by atoms with Crippen molar-refractivity contribution < 1.29 is 14.7 Å². The van der Waals surface area contributed by atoms with E-state index in [0.717, 1.165) is 69.7 Å². The van der Waals surface area contributed by atoms with Gasteiger partial charge in [0.2, 0.25) is 5.91 Å². The van der Waals surface area contributed by atoms with E-state index < -0.39 is 0 Å². The number of nitrogens with zero attached hydrogens (tertiary/aromatic N) is 3. The van der Waals surface area contributed by atoms with Gasteiger partial charge in [-0.25, -0.2) is 0 Å². The third kappa shape index (κ3) is 7.28. The van der Waals surface area contributed by atoms with Crippen LogP contribution in [0.15, 0.2) is 18.2 Å². The number of aliphatic hydroxyl groups is 1. The molecule has 1 N–H and O–H groups in total. The van der Waals surface area contributed by atoms with E-state index in [4.69, 9.17) is 0 Å². The Labute approximate surface area is 199 Å². The molecule has 2 aliphatic rings. The lowest BCUT2D eigenvalue weighted by Crippen LogP contribution is -2.41. The Morgan fingerprint density at radius 3 is 2.45 bits per heavy atom. The molecule has 1 atom stereocenters. The molecule has 1 aromatic carbocycles. The number of likely N-dealkylation sites (tertiary alicyclic amines) is 1. The van der Waals surface area contributed by atoms with Gasteiger partial charge in [0.25, 0.3) is 5.91 Å². The highest BCUT2D eigenvalue weighted by Crippen LogP contribution is 2.28. The van der Waals surface area contributed by atoms with Gasteiger partial charge < -0.3 is 14.9 Å². The molecule has 0 bridgehead atoms. The summed E-state index contributed by atoms with van der Waals surface area (Å²) in [5.74, 6) is 0.817. The Morgan fingerprint density at radius 2 is 1.76 bits per heavy atom. The first-order valence-electron chi connectivity index (χ1n) is 12.9.